The number of hydrogen-bond acceptors (Lipinski definition) is 3. The number of ether oxygens (including phenoxy) is 1. The van der Waals surface area contributed by atoms with Gasteiger partial charge in [-0.15, -0.1) is 11.8 Å². The molecule has 30 heavy (non-hydrogen) atoms. The van der Waals surface area contributed by atoms with E-state index in [-0.39, 0.29) is 6.61 Å². The number of halogens is 1. The Morgan fingerprint density at radius 2 is 1.80 bits per heavy atom. The topological polar surface area (TPSA) is 46.5 Å². The molecule has 0 aliphatic carbocycles. The van der Waals surface area contributed by atoms with Crippen molar-refractivity contribution in [1.29, 1.82) is 0 Å². The molecule has 0 aliphatic heterocycles. The molecule has 3 aromatic rings. The number of carboxylic acid groups (broad SMARTS) is 1. The Morgan fingerprint density at radius 3 is 2.50 bits per heavy atom. The molecule has 1 N–H and O–H groups in total. The molecule has 0 unspecified atom stereocenters. The molecule has 0 bridgehead atoms. The molecular formula is C25H23IO3S. The zero-order valence-electron chi connectivity index (χ0n) is 16.7. The lowest BCUT2D eigenvalue weighted by atomic mass is 9.93. The summed E-state index contributed by atoms with van der Waals surface area (Å²) in [6.45, 7) is 1.86. The number of aliphatic carboxylic acids is 1. The van der Waals surface area contributed by atoms with Crippen LogP contribution in [0.1, 0.15) is 23.6 Å². The number of carbonyl (C=O) groups is 1. The number of thioether (sulfide) groups is 1. The van der Waals surface area contributed by atoms with Crippen molar-refractivity contribution in [2.75, 3.05) is 12.4 Å². The molecular weight excluding hydrogens is 507 g/mol. The summed E-state index contributed by atoms with van der Waals surface area (Å²) in [6, 6.07) is 24.9. The first-order valence-corrected chi connectivity index (χ1v) is 11.8. The van der Waals surface area contributed by atoms with Crippen LogP contribution in [0.5, 0.6) is 5.75 Å². The molecule has 0 atom stereocenters. The molecule has 3 aromatic carbocycles. The third kappa shape index (κ3) is 6.12. The van der Waals surface area contributed by atoms with Crippen LogP contribution < -0.4 is 4.74 Å². The van der Waals surface area contributed by atoms with Crippen LogP contribution >= 0.6 is 34.4 Å². The summed E-state index contributed by atoms with van der Waals surface area (Å²) in [5, 5.41) is 8.78. The zero-order valence-corrected chi connectivity index (χ0v) is 19.7. The van der Waals surface area contributed by atoms with E-state index in [1.165, 1.54) is 22.3 Å². The van der Waals surface area contributed by atoms with Gasteiger partial charge in [0.15, 0.2) is 6.61 Å². The van der Waals surface area contributed by atoms with Crippen LogP contribution in [0.2, 0.25) is 0 Å². The maximum atomic E-state index is 10.7. The van der Waals surface area contributed by atoms with Crippen molar-refractivity contribution in [3.05, 3.63) is 99.1 Å². The van der Waals surface area contributed by atoms with Gasteiger partial charge in [0.05, 0.1) is 3.57 Å². The summed E-state index contributed by atoms with van der Waals surface area (Å²) >= 11 is 3.92. The normalized spacial score (nSPS) is 11.3. The molecule has 3 rings (SSSR count). The van der Waals surface area contributed by atoms with Crippen LogP contribution in [-0.2, 0) is 11.2 Å². The van der Waals surface area contributed by atoms with Crippen molar-refractivity contribution < 1.29 is 14.6 Å². The van der Waals surface area contributed by atoms with Gasteiger partial charge in [-0.1, -0.05) is 67.6 Å². The van der Waals surface area contributed by atoms with Crippen molar-refractivity contribution in [2.45, 2.75) is 18.2 Å². The predicted molar refractivity (Wildman–Crippen MR) is 132 cm³/mol. The second-order valence-corrected chi connectivity index (χ2v) is 8.84. The lowest BCUT2D eigenvalue weighted by molar-refractivity contribution is -0.139. The molecule has 0 spiro atoms. The number of benzene rings is 3. The molecule has 3 nitrogen and oxygen atoms in total. The van der Waals surface area contributed by atoms with Crippen LogP contribution in [-0.4, -0.2) is 23.4 Å². The first-order chi connectivity index (χ1) is 14.6. The summed E-state index contributed by atoms with van der Waals surface area (Å²) < 4.78 is 6.21. The Kier molecular flexibility index (Phi) is 8.39. The highest BCUT2D eigenvalue weighted by molar-refractivity contribution is 14.1. The monoisotopic (exact) mass is 530 g/mol. The van der Waals surface area contributed by atoms with Gasteiger partial charge in [-0.25, -0.2) is 4.79 Å². The van der Waals surface area contributed by atoms with Crippen LogP contribution in [0.15, 0.2) is 83.8 Å². The van der Waals surface area contributed by atoms with Crippen molar-refractivity contribution >= 4 is 45.9 Å². The number of carboxylic acids is 1. The summed E-state index contributed by atoms with van der Waals surface area (Å²) in [4.78, 5) is 11.8. The minimum atomic E-state index is -0.977. The molecule has 0 radical (unpaired) electrons. The molecule has 0 fully saturated rings. The van der Waals surface area contributed by atoms with Gasteiger partial charge in [-0.2, -0.15) is 0 Å². The third-order valence-electron chi connectivity index (χ3n) is 4.57. The summed E-state index contributed by atoms with van der Waals surface area (Å²) in [5.74, 6) is 0.447. The van der Waals surface area contributed by atoms with Gasteiger partial charge in [-0.3, -0.25) is 0 Å². The predicted octanol–water partition coefficient (Wildman–Crippen LogP) is 6.54. The van der Waals surface area contributed by atoms with Gasteiger partial charge < -0.3 is 9.84 Å². The molecule has 154 valence electrons. The zero-order chi connectivity index (χ0) is 21.3. The second-order valence-electron chi connectivity index (χ2n) is 6.58. The van der Waals surface area contributed by atoms with Crippen molar-refractivity contribution in [3.8, 4) is 5.75 Å². The number of aryl methyl sites for hydroxylation is 1. The first-order valence-electron chi connectivity index (χ1n) is 9.69. The van der Waals surface area contributed by atoms with Crippen molar-refractivity contribution in [3.63, 3.8) is 0 Å². The van der Waals surface area contributed by atoms with E-state index >= 15 is 0 Å². The van der Waals surface area contributed by atoms with E-state index in [2.05, 4.69) is 84.1 Å². The molecule has 0 amide bonds. The Morgan fingerprint density at radius 1 is 1.07 bits per heavy atom. The van der Waals surface area contributed by atoms with Gasteiger partial charge in [-0.05, 0) is 69.5 Å². The average Bonchev–Trinajstić information content (AvgIpc) is 2.76. The molecule has 0 aliphatic rings. The smallest absolute Gasteiger partial charge is 0.341 e. The summed E-state index contributed by atoms with van der Waals surface area (Å²) in [6.07, 6.45) is 3.28. The average molecular weight is 530 g/mol. The lowest BCUT2D eigenvalue weighted by Gasteiger charge is -2.13. The van der Waals surface area contributed by atoms with Gasteiger partial charge in [0.25, 0.3) is 0 Å². The Labute approximate surface area is 195 Å². The van der Waals surface area contributed by atoms with Crippen LogP contribution in [0, 0.1) is 3.57 Å². The molecule has 0 saturated heterocycles. The fourth-order valence-electron chi connectivity index (χ4n) is 3.14. The lowest BCUT2D eigenvalue weighted by Crippen LogP contribution is -2.10. The summed E-state index contributed by atoms with van der Waals surface area (Å²) in [5.41, 5.74) is 5.08. The quantitative estimate of drug-likeness (QED) is 0.252. The number of rotatable bonds is 9. The maximum absolute atomic E-state index is 10.7. The highest BCUT2D eigenvalue weighted by atomic mass is 127. The van der Waals surface area contributed by atoms with E-state index in [1.54, 1.807) is 11.8 Å². The van der Waals surface area contributed by atoms with E-state index in [0.717, 1.165) is 20.6 Å². The molecule has 0 heterocycles. The standard InChI is InChI=1S/C25H23IO3S/c1-2-18-8-6-7-11-21(18)22(19-9-4-3-5-10-19)14-15-30-20-12-13-24(23(26)16-20)29-17-25(27)28/h3-14,16H,2,15,17H2,1H3,(H,27,28)/b22-14-. The Bertz CT molecular complexity index is 1030. The SMILES string of the molecule is CCc1ccccc1/C(=C\CSc1ccc(OCC(=O)O)c(I)c1)c1ccccc1. The van der Waals surface area contributed by atoms with Gasteiger partial charge in [0.1, 0.15) is 5.75 Å². The highest BCUT2D eigenvalue weighted by Crippen LogP contribution is 2.30. The van der Waals surface area contributed by atoms with E-state index in [1.807, 2.05) is 24.3 Å². The first kappa shape index (κ1) is 22.4. The van der Waals surface area contributed by atoms with E-state index in [9.17, 15) is 4.79 Å². The van der Waals surface area contributed by atoms with Crippen LogP contribution in [0.3, 0.4) is 0 Å². The van der Waals surface area contributed by atoms with Gasteiger partial charge in [0, 0.05) is 10.6 Å². The van der Waals surface area contributed by atoms with Gasteiger partial charge in [0.2, 0.25) is 0 Å². The highest BCUT2D eigenvalue weighted by Gasteiger charge is 2.09. The summed E-state index contributed by atoms with van der Waals surface area (Å²) in [7, 11) is 0. The minimum absolute atomic E-state index is 0.331. The third-order valence-corrected chi connectivity index (χ3v) is 6.33. The van der Waals surface area contributed by atoms with E-state index in [4.69, 9.17) is 9.84 Å². The Balaban J connectivity index is 1.80. The maximum Gasteiger partial charge on any atom is 0.341 e. The Hall–Kier alpha value is -2.25. The van der Waals surface area contributed by atoms with Gasteiger partial charge >= 0.3 is 5.97 Å². The molecule has 5 heteroatoms. The minimum Gasteiger partial charge on any atom is -0.481 e. The fraction of sp³-hybridized carbons (Fsp3) is 0.160. The van der Waals surface area contributed by atoms with Crippen molar-refractivity contribution in [1.82, 2.24) is 0 Å². The number of hydrogen-bond donors (Lipinski definition) is 1. The van der Waals surface area contributed by atoms with Crippen LogP contribution in [0.25, 0.3) is 5.57 Å². The van der Waals surface area contributed by atoms with E-state index < -0.39 is 5.97 Å². The van der Waals surface area contributed by atoms with Crippen LogP contribution in [0.4, 0.5) is 0 Å². The second kappa shape index (κ2) is 11.2. The molecule has 0 aromatic heterocycles. The largest absolute Gasteiger partial charge is 0.481 e. The molecule has 0 saturated carbocycles. The van der Waals surface area contributed by atoms with Crippen molar-refractivity contribution in [2.24, 2.45) is 0 Å². The van der Waals surface area contributed by atoms with E-state index in [0.29, 0.717) is 5.75 Å². The fourth-order valence-corrected chi connectivity index (χ4v) is 4.83.